The standard InChI is InChI=1S/C10H11N5O2S/c11-8-7-9(13-3-12-8)15(4-14-7)10-5(2-18)6(1-16)17-10/h2-6,10,16H,1H2,(H2,11,12,13)/t5-,6-,10-/m1/s1. The molecule has 1 aliphatic heterocycles. The van der Waals surface area contributed by atoms with E-state index in [1.807, 2.05) is 0 Å². The fourth-order valence-electron chi connectivity index (χ4n) is 2.08. The number of nitrogens with two attached hydrogens (primary N) is 1. The van der Waals surface area contributed by atoms with Gasteiger partial charge in [-0.2, -0.15) is 0 Å². The van der Waals surface area contributed by atoms with Gasteiger partial charge in [-0.05, 0) is 5.37 Å². The maximum Gasteiger partial charge on any atom is 0.167 e. The number of imidazole rings is 1. The van der Waals surface area contributed by atoms with Crippen LogP contribution in [-0.2, 0) is 4.74 Å². The fourth-order valence-corrected chi connectivity index (χ4v) is 2.39. The zero-order valence-corrected chi connectivity index (χ0v) is 10.1. The number of hydrogen-bond donors (Lipinski definition) is 2. The first-order chi connectivity index (χ1) is 8.76. The van der Waals surface area contributed by atoms with Crippen LogP contribution in [0.2, 0.25) is 0 Å². The number of rotatable bonds is 3. The number of ether oxygens (including phenoxy) is 1. The molecule has 2 aromatic heterocycles. The largest absolute Gasteiger partial charge is 0.394 e. The van der Waals surface area contributed by atoms with E-state index in [2.05, 4.69) is 15.0 Å². The van der Waals surface area contributed by atoms with Crippen molar-refractivity contribution >= 4 is 34.6 Å². The first kappa shape index (κ1) is 11.5. The maximum absolute atomic E-state index is 9.10. The second-order valence-corrected chi connectivity index (χ2v) is 4.32. The summed E-state index contributed by atoms with van der Waals surface area (Å²) in [5.41, 5.74) is 6.85. The van der Waals surface area contributed by atoms with Gasteiger partial charge >= 0.3 is 0 Å². The number of thiocarbonyl (C=S) groups is 1. The highest BCUT2D eigenvalue weighted by molar-refractivity contribution is 7.79. The molecule has 3 atom stereocenters. The summed E-state index contributed by atoms with van der Waals surface area (Å²) in [7, 11) is 0. The molecule has 2 aromatic rings. The zero-order valence-electron chi connectivity index (χ0n) is 9.30. The van der Waals surface area contributed by atoms with E-state index in [0.29, 0.717) is 17.0 Å². The van der Waals surface area contributed by atoms with Gasteiger partial charge in [0.2, 0.25) is 0 Å². The minimum Gasteiger partial charge on any atom is -0.394 e. The molecule has 0 radical (unpaired) electrons. The van der Waals surface area contributed by atoms with E-state index < -0.39 is 0 Å². The van der Waals surface area contributed by atoms with E-state index >= 15 is 0 Å². The van der Waals surface area contributed by atoms with Gasteiger partial charge in [0.05, 0.1) is 25.0 Å². The smallest absolute Gasteiger partial charge is 0.167 e. The third-order valence-corrected chi connectivity index (χ3v) is 3.39. The zero-order chi connectivity index (χ0) is 12.7. The summed E-state index contributed by atoms with van der Waals surface area (Å²) in [6.45, 7) is -0.0575. The van der Waals surface area contributed by atoms with Crippen molar-refractivity contribution in [3.63, 3.8) is 0 Å². The molecule has 0 amide bonds. The molecule has 0 bridgehead atoms. The lowest BCUT2D eigenvalue weighted by molar-refractivity contribution is -0.206. The number of aromatic nitrogens is 4. The van der Waals surface area contributed by atoms with Crippen LogP contribution in [0.4, 0.5) is 5.82 Å². The Morgan fingerprint density at radius 1 is 1.50 bits per heavy atom. The molecular weight excluding hydrogens is 254 g/mol. The Morgan fingerprint density at radius 3 is 3.06 bits per heavy atom. The van der Waals surface area contributed by atoms with Crippen LogP contribution < -0.4 is 5.73 Å². The van der Waals surface area contributed by atoms with E-state index in [1.165, 1.54) is 6.33 Å². The van der Waals surface area contributed by atoms with Crippen molar-refractivity contribution in [2.24, 2.45) is 5.92 Å². The van der Waals surface area contributed by atoms with Crippen LogP contribution in [0.15, 0.2) is 12.7 Å². The third kappa shape index (κ3) is 1.50. The molecule has 1 fully saturated rings. The van der Waals surface area contributed by atoms with Crippen molar-refractivity contribution in [1.82, 2.24) is 19.5 Å². The molecule has 3 rings (SSSR count). The average molecular weight is 265 g/mol. The lowest BCUT2D eigenvalue weighted by Gasteiger charge is -2.42. The number of hydrogen-bond acceptors (Lipinski definition) is 7. The molecule has 8 heteroatoms. The molecule has 1 aliphatic rings. The Morgan fingerprint density at radius 2 is 2.33 bits per heavy atom. The topological polar surface area (TPSA) is 99.1 Å². The van der Waals surface area contributed by atoms with Crippen LogP contribution in [0, 0.1) is 5.92 Å². The van der Waals surface area contributed by atoms with Crippen LogP contribution in [0.25, 0.3) is 11.2 Å². The van der Waals surface area contributed by atoms with Crippen molar-refractivity contribution in [3.8, 4) is 0 Å². The monoisotopic (exact) mass is 265 g/mol. The molecule has 0 spiro atoms. The summed E-state index contributed by atoms with van der Waals surface area (Å²) in [5.74, 6) is 0.286. The summed E-state index contributed by atoms with van der Waals surface area (Å²) >= 11 is 4.96. The van der Waals surface area contributed by atoms with E-state index in [0.717, 1.165) is 0 Å². The molecule has 1 saturated heterocycles. The van der Waals surface area contributed by atoms with E-state index in [4.69, 9.17) is 27.8 Å². The Kier molecular flexibility index (Phi) is 2.69. The molecule has 7 nitrogen and oxygen atoms in total. The number of nitrogens with zero attached hydrogens (tertiary/aromatic N) is 4. The van der Waals surface area contributed by atoms with E-state index in [9.17, 15) is 0 Å². The van der Waals surface area contributed by atoms with Gasteiger partial charge in [-0.1, -0.05) is 12.2 Å². The van der Waals surface area contributed by atoms with Crippen LogP contribution in [0.5, 0.6) is 0 Å². The van der Waals surface area contributed by atoms with Crippen molar-refractivity contribution in [2.75, 3.05) is 12.3 Å². The number of fused-ring (bicyclic) bond motifs is 1. The molecule has 3 heterocycles. The second kappa shape index (κ2) is 4.23. The third-order valence-electron chi connectivity index (χ3n) is 3.07. The Balaban J connectivity index is 2.01. The quantitative estimate of drug-likeness (QED) is 0.748. The van der Waals surface area contributed by atoms with Crippen LogP contribution >= 0.6 is 12.2 Å². The van der Waals surface area contributed by atoms with Gasteiger partial charge in [0.1, 0.15) is 18.1 Å². The summed E-state index contributed by atoms with van der Waals surface area (Å²) in [5, 5.41) is 10.7. The van der Waals surface area contributed by atoms with Crippen LogP contribution in [0.3, 0.4) is 0 Å². The highest BCUT2D eigenvalue weighted by Gasteiger charge is 2.42. The number of aliphatic hydroxyl groups excluding tert-OH is 1. The first-order valence-electron chi connectivity index (χ1n) is 5.41. The molecule has 0 aromatic carbocycles. The number of aliphatic hydroxyl groups is 1. The van der Waals surface area contributed by atoms with Crippen molar-refractivity contribution < 1.29 is 9.84 Å². The molecule has 0 unspecified atom stereocenters. The van der Waals surface area contributed by atoms with E-state index in [-0.39, 0.29) is 24.9 Å². The highest BCUT2D eigenvalue weighted by atomic mass is 32.1. The van der Waals surface area contributed by atoms with Gasteiger partial charge in [-0.3, -0.25) is 4.57 Å². The van der Waals surface area contributed by atoms with Gasteiger partial charge in [-0.15, -0.1) is 0 Å². The molecule has 3 N–H and O–H groups in total. The summed E-state index contributed by atoms with van der Waals surface area (Å²) < 4.78 is 7.32. The normalized spacial score (nSPS) is 27.1. The second-order valence-electron chi connectivity index (χ2n) is 4.04. The molecule has 94 valence electrons. The van der Waals surface area contributed by atoms with E-state index in [1.54, 1.807) is 16.3 Å². The molecule has 18 heavy (non-hydrogen) atoms. The lowest BCUT2D eigenvalue weighted by atomic mass is 9.97. The minimum absolute atomic E-state index is 0.0430. The first-order valence-corrected chi connectivity index (χ1v) is 5.88. The number of anilines is 1. The maximum atomic E-state index is 9.10. The minimum atomic E-state index is -0.293. The number of nitrogen functional groups attached to an aromatic ring is 1. The molecular formula is C10H11N5O2S. The van der Waals surface area contributed by atoms with Crippen LogP contribution in [0.1, 0.15) is 6.23 Å². The Bertz CT molecular complexity index is 601. The van der Waals surface area contributed by atoms with Crippen LogP contribution in [-0.4, -0.2) is 42.7 Å². The summed E-state index contributed by atoms with van der Waals surface area (Å²) in [6.07, 6.45) is 2.42. The Hall–Kier alpha value is -1.64. The highest BCUT2D eigenvalue weighted by Crippen LogP contribution is 2.37. The fraction of sp³-hybridized carbons (Fsp3) is 0.400. The van der Waals surface area contributed by atoms with Gasteiger partial charge in [0.25, 0.3) is 0 Å². The van der Waals surface area contributed by atoms with Gasteiger partial charge in [0.15, 0.2) is 11.5 Å². The lowest BCUT2D eigenvalue weighted by Crippen LogP contribution is -2.48. The van der Waals surface area contributed by atoms with Gasteiger partial charge in [-0.25, -0.2) is 15.0 Å². The summed E-state index contributed by atoms with van der Waals surface area (Å²) in [6, 6.07) is 0. The molecule has 0 aliphatic carbocycles. The summed E-state index contributed by atoms with van der Waals surface area (Å²) in [4.78, 5) is 12.2. The predicted octanol–water partition coefficient (Wildman–Crippen LogP) is -0.0859. The van der Waals surface area contributed by atoms with Crippen molar-refractivity contribution in [2.45, 2.75) is 12.3 Å². The van der Waals surface area contributed by atoms with Crippen molar-refractivity contribution in [3.05, 3.63) is 12.7 Å². The SMILES string of the molecule is Nc1ncnc2c1ncn2[C@@H]1O[C@H](CO)[C@H]1C=S. The Labute approximate surface area is 108 Å². The average Bonchev–Trinajstić information content (AvgIpc) is 2.75. The van der Waals surface area contributed by atoms with Gasteiger partial charge < -0.3 is 15.6 Å². The van der Waals surface area contributed by atoms with Crippen molar-refractivity contribution in [1.29, 1.82) is 0 Å². The van der Waals surface area contributed by atoms with Gasteiger partial charge in [0, 0.05) is 0 Å². The predicted molar refractivity (Wildman–Crippen MR) is 67.9 cm³/mol. The molecule has 0 saturated carbocycles.